The number of rotatable bonds is 5. The van der Waals surface area contributed by atoms with Crippen molar-refractivity contribution in [3.8, 4) is 0 Å². The SMILES string of the molecule is CCNC(=O)CC1c2ccccc2CCN1S(=O)(=O)c1ccc(Cl)cc1. The van der Waals surface area contributed by atoms with Gasteiger partial charge in [0.2, 0.25) is 15.9 Å². The van der Waals surface area contributed by atoms with Crippen molar-refractivity contribution in [3.05, 3.63) is 64.7 Å². The molecule has 138 valence electrons. The van der Waals surface area contributed by atoms with Crippen LogP contribution < -0.4 is 5.32 Å². The number of benzene rings is 2. The van der Waals surface area contributed by atoms with Crippen molar-refractivity contribution in [2.24, 2.45) is 0 Å². The Morgan fingerprint density at radius 2 is 1.88 bits per heavy atom. The Hall–Kier alpha value is -1.89. The molecule has 0 saturated heterocycles. The Balaban J connectivity index is 2.01. The highest BCUT2D eigenvalue weighted by molar-refractivity contribution is 7.89. The number of halogens is 1. The second kappa shape index (κ2) is 7.78. The summed E-state index contributed by atoms with van der Waals surface area (Å²) in [6.45, 7) is 2.69. The second-order valence-electron chi connectivity index (χ2n) is 6.19. The molecule has 1 amide bonds. The molecular weight excluding hydrogens is 372 g/mol. The fourth-order valence-electron chi connectivity index (χ4n) is 3.31. The molecule has 1 heterocycles. The van der Waals surface area contributed by atoms with Crippen molar-refractivity contribution in [1.82, 2.24) is 9.62 Å². The van der Waals surface area contributed by atoms with E-state index in [1.54, 1.807) is 12.1 Å². The van der Waals surface area contributed by atoms with Crippen LogP contribution in [0, 0.1) is 0 Å². The number of amides is 1. The number of nitrogens with one attached hydrogen (secondary N) is 1. The van der Waals surface area contributed by atoms with Crippen molar-refractivity contribution in [3.63, 3.8) is 0 Å². The molecule has 2 aromatic carbocycles. The lowest BCUT2D eigenvalue weighted by atomic mass is 9.92. The van der Waals surface area contributed by atoms with Gasteiger partial charge in [-0.15, -0.1) is 0 Å². The standard InChI is InChI=1S/C19H21ClN2O3S/c1-2-21-19(23)13-18-17-6-4-3-5-14(17)11-12-22(18)26(24,25)16-9-7-15(20)8-10-16/h3-10,18H,2,11-13H2,1H3,(H,21,23). The van der Waals surface area contributed by atoms with Crippen molar-refractivity contribution in [2.45, 2.75) is 30.7 Å². The van der Waals surface area contributed by atoms with Gasteiger partial charge in [-0.3, -0.25) is 4.79 Å². The molecule has 1 N–H and O–H groups in total. The number of hydrogen-bond acceptors (Lipinski definition) is 3. The zero-order chi connectivity index (χ0) is 18.7. The van der Waals surface area contributed by atoms with E-state index in [2.05, 4.69) is 5.32 Å². The molecule has 0 aliphatic carbocycles. The first kappa shape index (κ1) is 18.9. The Morgan fingerprint density at radius 1 is 1.19 bits per heavy atom. The van der Waals surface area contributed by atoms with Gasteiger partial charge in [0.25, 0.3) is 0 Å². The fraction of sp³-hybridized carbons (Fsp3) is 0.316. The van der Waals surface area contributed by atoms with Gasteiger partial charge in [-0.1, -0.05) is 35.9 Å². The van der Waals surface area contributed by atoms with Crippen LogP contribution >= 0.6 is 11.6 Å². The van der Waals surface area contributed by atoms with Crippen LogP contribution in [-0.2, 0) is 21.2 Å². The van der Waals surface area contributed by atoms with Crippen LogP contribution in [0.1, 0.15) is 30.5 Å². The summed E-state index contributed by atoms with van der Waals surface area (Å²) in [5.41, 5.74) is 1.98. The van der Waals surface area contributed by atoms with Crippen LogP contribution in [0.2, 0.25) is 5.02 Å². The number of carbonyl (C=O) groups excluding carboxylic acids is 1. The molecule has 1 aliphatic rings. The van der Waals surface area contributed by atoms with E-state index < -0.39 is 16.1 Å². The van der Waals surface area contributed by atoms with Crippen LogP contribution in [-0.4, -0.2) is 31.7 Å². The van der Waals surface area contributed by atoms with Crippen LogP contribution in [0.5, 0.6) is 0 Å². The van der Waals surface area contributed by atoms with Crippen molar-refractivity contribution >= 4 is 27.5 Å². The highest BCUT2D eigenvalue weighted by Gasteiger charge is 2.37. The predicted octanol–water partition coefficient (Wildman–Crippen LogP) is 3.15. The normalized spacial score (nSPS) is 17.5. The van der Waals surface area contributed by atoms with Gasteiger partial charge in [0, 0.05) is 24.5 Å². The van der Waals surface area contributed by atoms with E-state index in [-0.39, 0.29) is 17.2 Å². The molecule has 1 atom stereocenters. The first-order valence-electron chi connectivity index (χ1n) is 8.55. The Bertz CT molecular complexity index is 897. The smallest absolute Gasteiger partial charge is 0.243 e. The minimum Gasteiger partial charge on any atom is -0.356 e. The van der Waals surface area contributed by atoms with E-state index in [4.69, 9.17) is 11.6 Å². The van der Waals surface area contributed by atoms with Crippen LogP contribution in [0.15, 0.2) is 53.4 Å². The summed E-state index contributed by atoms with van der Waals surface area (Å²) >= 11 is 5.89. The molecule has 1 unspecified atom stereocenters. The van der Waals surface area contributed by atoms with E-state index in [0.717, 1.165) is 11.1 Å². The molecule has 5 nitrogen and oxygen atoms in total. The fourth-order valence-corrected chi connectivity index (χ4v) is 5.05. The Morgan fingerprint density at radius 3 is 2.58 bits per heavy atom. The van der Waals surface area contributed by atoms with Gasteiger partial charge in [-0.25, -0.2) is 8.42 Å². The quantitative estimate of drug-likeness (QED) is 0.849. The summed E-state index contributed by atoms with van der Waals surface area (Å²) in [6, 6.07) is 13.3. The van der Waals surface area contributed by atoms with Crippen molar-refractivity contribution in [1.29, 1.82) is 0 Å². The zero-order valence-electron chi connectivity index (χ0n) is 14.5. The van der Waals surface area contributed by atoms with Gasteiger partial charge < -0.3 is 5.32 Å². The van der Waals surface area contributed by atoms with Crippen molar-refractivity contribution in [2.75, 3.05) is 13.1 Å². The monoisotopic (exact) mass is 392 g/mol. The van der Waals surface area contributed by atoms with Gasteiger partial charge in [-0.05, 0) is 48.7 Å². The molecule has 26 heavy (non-hydrogen) atoms. The number of fused-ring (bicyclic) bond motifs is 1. The summed E-state index contributed by atoms with van der Waals surface area (Å²) in [5.74, 6) is -0.162. The number of hydrogen-bond donors (Lipinski definition) is 1. The Kier molecular flexibility index (Phi) is 5.65. The van der Waals surface area contributed by atoms with E-state index in [1.807, 2.05) is 31.2 Å². The highest BCUT2D eigenvalue weighted by atomic mass is 35.5. The maximum atomic E-state index is 13.2. The van der Waals surface area contributed by atoms with Gasteiger partial charge >= 0.3 is 0 Å². The summed E-state index contributed by atoms with van der Waals surface area (Å²) in [5, 5.41) is 3.24. The summed E-state index contributed by atoms with van der Waals surface area (Å²) in [7, 11) is -3.74. The van der Waals surface area contributed by atoms with E-state index >= 15 is 0 Å². The first-order chi connectivity index (χ1) is 12.4. The Labute approximate surface area is 159 Å². The summed E-state index contributed by atoms with van der Waals surface area (Å²) in [6.07, 6.45) is 0.715. The maximum Gasteiger partial charge on any atom is 0.243 e. The average molecular weight is 393 g/mol. The molecule has 0 fully saturated rings. The third kappa shape index (κ3) is 3.77. The summed E-state index contributed by atoms with van der Waals surface area (Å²) in [4.78, 5) is 12.4. The molecule has 2 aromatic rings. The second-order valence-corrected chi connectivity index (χ2v) is 8.52. The number of sulfonamides is 1. The van der Waals surface area contributed by atoms with Crippen LogP contribution in [0.25, 0.3) is 0 Å². The molecular formula is C19H21ClN2O3S. The molecule has 0 bridgehead atoms. The van der Waals surface area contributed by atoms with E-state index in [9.17, 15) is 13.2 Å². The van der Waals surface area contributed by atoms with Gasteiger partial charge in [0.15, 0.2) is 0 Å². The zero-order valence-corrected chi connectivity index (χ0v) is 16.1. The predicted molar refractivity (Wildman–Crippen MR) is 102 cm³/mol. The lowest BCUT2D eigenvalue weighted by molar-refractivity contribution is -0.121. The molecule has 1 aliphatic heterocycles. The maximum absolute atomic E-state index is 13.2. The average Bonchev–Trinajstić information content (AvgIpc) is 2.62. The largest absolute Gasteiger partial charge is 0.356 e. The van der Waals surface area contributed by atoms with E-state index in [1.165, 1.54) is 16.4 Å². The number of carbonyl (C=O) groups is 1. The van der Waals surface area contributed by atoms with Gasteiger partial charge in [0.1, 0.15) is 0 Å². The topological polar surface area (TPSA) is 66.5 Å². The van der Waals surface area contributed by atoms with E-state index in [0.29, 0.717) is 24.5 Å². The van der Waals surface area contributed by atoms with Crippen LogP contribution in [0.3, 0.4) is 0 Å². The molecule has 3 rings (SSSR count). The lowest BCUT2D eigenvalue weighted by Gasteiger charge is -2.36. The van der Waals surface area contributed by atoms with Crippen molar-refractivity contribution < 1.29 is 13.2 Å². The minimum absolute atomic E-state index is 0.0949. The molecule has 0 saturated carbocycles. The highest BCUT2D eigenvalue weighted by Crippen LogP contribution is 2.36. The first-order valence-corrected chi connectivity index (χ1v) is 10.4. The van der Waals surface area contributed by atoms with Gasteiger partial charge in [-0.2, -0.15) is 4.31 Å². The third-order valence-electron chi connectivity index (χ3n) is 4.54. The molecule has 7 heteroatoms. The molecule has 0 spiro atoms. The minimum atomic E-state index is -3.74. The van der Waals surface area contributed by atoms with Crippen LogP contribution in [0.4, 0.5) is 0 Å². The third-order valence-corrected chi connectivity index (χ3v) is 6.71. The molecule has 0 aromatic heterocycles. The van der Waals surface area contributed by atoms with Gasteiger partial charge in [0.05, 0.1) is 10.9 Å². The summed E-state index contributed by atoms with van der Waals surface area (Å²) < 4.78 is 27.9. The lowest BCUT2D eigenvalue weighted by Crippen LogP contribution is -2.42. The molecule has 0 radical (unpaired) electrons. The number of nitrogens with zero attached hydrogens (tertiary/aromatic N) is 1.